The normalized spacial score (nSPS) is 10.4. The van der Waals surface area contributed by atoms with Gasteiger partial charge in [-0.3, -0.25) is 14.4 Å². The third-order valence-corrected chi connectivity index (χ3v) is 3.55. The van der Waals surface area contributed by atoms with Crippen molar-refractivity contribution in [3.8, 4) is 0 Å². The summed E-state index contributed by atoms with van der Waals surface area (Å²) in [4.78, 5) is 35.7. The fourth-order valence-electron chi connectivity index (χ4n) is 2.63. The highest BCUT2D eigenvalue weighted by molar-refractivity contribution is 5.99. The van der Waals surface area contributed by atoms with Crippen LogP contribution in [0.3, 0.4) is 0 Å². The lowest BCUT2D eigenvalue weighted by Crippen LogP contribution is -2.31. The molecule has 0 aliphatic heterocycles. The molecule has 0 bridgehead atoms. The molecular formula is C17H23NO4. The molecule has 5 heteroatoms. The number of carbonyl (C=O) groups excluding carboxylic acids is 2. The van der Waals surface area contributed by atoms with E-state index in [1.54, 1.807) is 0 Å². The molecule has 0 spiro atoms. The van der Waals surface area contributed by atoms with Gasteiger partial charge >= 0.3 is 5.97 Å². The van der Waals surface area contributed by atoms with E-state index in [2.05, 4.69) is 0 Å². The summed E-state index contributed by atoms with van der Waals surface area (Å²) in [7, 11) is 1.45. The second-order valence-electron chi connectivity index (χ2n) is 5.69. The zero-order valence-corrected chi connectivity index (χ0v) is 13.6. The van der Waals surface area contributed by atoms with Crippen molar-refractivity contribution in [1.82, 2.24) is 4.90 Å². The molecule has 0 unspecified atom stereocenters. The average molecular weight is 305 g/mol. The van der Waals surface area contributed by atoms with E-state index in [1.165, 1.54) is 7.05 Å². The van der Waals surface area contributed by atoms with Gasteiger partial charge in [0.2, 0.25) is 5.91 Å². The molecule has 22 heavy (non-hydrogen) atoms. The van der Waals surface area contributed by atoms with Crippen molar-refractivity contribution >= 4 is 17.7 Å². The standard InChI is InChI=1S/C17H23NO4/c1-11-8-12(2)17(13(3)9-11)14(19)6-5-7-15(20)18(4)10-16(21)22/h8-9H,5-7,10H2,1-4H3,(H,21,22). The Morgan fingerprint density at radius 3 is 2.09 bits per heavy atom. The summed E-state index contributed by atoms with van der Waals surface area (Å²) in [5.41, 5.74) is 3.77. The minimum Gasteiger partial charge on any atom is -0.480 e. The van der Waals surface area contributed by atoms with Crippen LogP contribution in [0.25, 0.3) is 0 Å². The van der Waals surface area contributed by atoms with Crippen LogP contribution < -0.4 is 0 Å². The largest absolute Gasteiger partial charge is 0.480 e. The molecule has 0 radical (unpaired) electrons. The van der Waals surface area contributed by atoms with Crippen LogP contribution in [0.15, 0.2) is 12.1 Å². The summed E-state index contributed by atoms with van der Waals surface area (Å²) in [5.74, 6) is -1.27. The number of rotatable bonds is 7. The number of benzene rings is 1. The fourth-order valence-corrected chi connectivity index (χ4v) is 2.63. The lowest BCUT2D eigenvalue weighted by atomic mass is 9.94. The summed E-state index contributed by atoms with van der Waals surface area (Å²) in [6.07, 6.45) is 0.894. The van der Waals surface area contributed by atoms with Gasteiger partial charge in [-0.2, -0.15) is 0 Å². The minimum absolute atomic E-state index is 0.0312. The van der Waals surface area contributed by atoms with E-state index in [9.17, 15) is 14.4 Å². The number of ketones is 1. The Balaban J connectivity index is 2.57. The second-order valence-corrected chi connectivity index (χ2v) is 5.69. The van der Waals surface area contributed by atoms with Crippen molar-refractivity contribution in [2.24, 2.45) is 0 Å². The lowest BCUT2D eigenvalue weighted by Gasteiger charge is -2.14. The predicted molar refractivity (Wildman–Crippen MR) is 84.1 cm³/mol. The van der Waals surface area contributed by atoms with E-state index >= 15 is 0 Å². The summed E-state index contributed by atoms with van der Waals surface area (Å²) in [6, 6.07) is 3.96. The van der Waals surface area contributed by atoms with Crippen molar-refractivity contribution in [2.45, 2.75) is 40.0 Å². The summed E-state index contributed by atoms with van der Waals surface area (Å²) >= 11 is 0. The van der Waals surface area contributed by atoms with E-state index in [1.807, 2.05) is 32.9 Å². The van der Waals surface area contributed by atoms with E-state index in [0.717, 1.165) is 27.2 Å². The molecule has 0 aliphatic carbocycles. The first-order valence-electron chi connectivity index (χ1n) is 7.29. The minimum atomic E-state index is -1.04. The molecular weight excluding hydrogens is 282 g/mol. The maximum absolute atomic E-state index is 12.3. The van der Waals surface area contributed by atoms with Crippen molar-refractivity contribution < 1.29 is 19.5 Å². The molecule has 1 aromatic rings. The van der Waals surface area contributed by atoms with Crippen LogP contribution in [0, 0.1) is 20.8 Å². The Morgan fingerprint density at radius 2 is 1.59 bits per heavy atom. The van der Waals surface area contributed by atoms with Gasteiger partial charge in [-0.05, 0) is 38.3 Å². The van der Waals surface area contributed by atoms with Crippen LogP contribution in [-0.2, 0) is 9.59 Å². The van der Waals surface area contributed by atoms with Crippen molar-refractivity contribution in [2.75, 3.05) is 13.6 Å². The number of hydrogen-bond donors (Lipinski definition) is 1. The maximum Gasteiger partial charge on any atom is 0.323 e. The quantitative estimate of drug-likeness (QED) is 0.785. The molecule has 0 saturated heterocycles. The first kappa shape index (κ1) is 17.9. The molecule has 1 rings (SSSR count). The highest BCUT2D eigenvalue weighted by Gasteiger charge is 2.15. The zero-order chi connectivity index (χ0) is 16.9. The number of amides is 1. The number of hydrogen-bond acceptors (Lipinski definition) is 3. The van der Waals surface area contributed by atoms with Crippen LogP contribution in [0.4, 0.5) is 0 Å². The smallest absolute Gasteiger partial charge is 0.323 e. The summed E-state index contributed by atoms with van der Waals surface area (Å²) < 4.78 is 0. The van der Waals surface area contributed by atoms with Crippen LogP contribution in [-0.4, -0.2) is 41.3 Å². The molecule has 5 nitrogen and oxygen atoms in total. The fraction of sp³-hybridized carbons (Fsp3) is 0.471. The highest BCUT2D eigenvalue weighted by Crippen LogP contribution is 2.19. The molecule has 0 saturated carbocycles. The Kier molecular flexibility index (Phi) is 6.28. The molecule has 120 valence electrons. The van der Waals surface area contributed by atoms with Crippen LogP contribution >= 0.6 is 0 Å². The van der Waals surface area contributed by atoms with Crippen LogP contribution in [0.1, 0.15) is 46.3 Å². The third-order valence-electron chi connectivity index (χ3n) is 3.55. The van der Waals surface area contributed by atoms with E-state index in [4.69, 9.17) is 5.11 Å². The molecule has 0 heterocycles. The zero-order valence-electron chi connectivity index (χ0n) is 13.6. The lowest BCUT2D eigenvalue weighted by molar-refractivity contribution is -0.143. The summed E-state index contributed by atoms with van der Waals surface area (Å²) in [6.45, 7) is 5.51. The monoisotopic (exact) mass is 305 g/mol. The SMILES string of the molecule is Cc1cc(C)c(C(=O)CCCC(=O)N(C)CC(=O)O)c(C)c1. The van der Waals surface area contributed by atoms with Crippen LogP contribution in [0.5, 0.6) is 0 Å². The molecule has 1 aromatic carbocycles. The number of likely N-dealkylation sites (N-methyl/N-ethyl adjacent to an activating group) is 1. The predicted octanol–water partition coefficient (Wildman–Crippen LogP) is 2.51. The number of carbonyl (C=O) groups is 3. The average Bonchev–Trinajstić information content (AvgIpc) is 2.36. The molecule has 0 aromatic heterocycles. The Hall–Kier alpha value is -2.17. The van der Waals surface area contributed by atoms with E-state index in [0.29, 0.717) is 6.42 Å². The van der Waals surface area contributed by atoms with Gasteiger partial charge in [0.05, 0.1) is 0 Å². The number of nitrogens with zero attached hydrogens (tertiary/aromatic N) is 1. The van der Waals surface area contributed by atoms with Gasteiger partial charge in [0.25, 0.3) is 0 Å². The van der Waals surface area contributed by atoms with Gasteiger partial charge in [-0.25, -0.2) is 0 Å². The molecule has 0 fully saturated rings. The molecule has 0 atom stereocenters. The van der Waals surface area contributed by atoms with Gasteiger partial charge in [-0.15, -0.1) is 0 Å². The Bertz CT molecular complexity index is 569. The van der Waals surface area contributed by atoms with Gasteiger partial charge in [-0.1, -0.05) is 17.7 Å². The van der Waals surface area contributed by atoms with E-state index in [-0.39, 0.29) is 31.1 Å². The Morgan fingerprint density at radius 1 is 1.05 bits per heavy atom. The first-order valence-corrected chi connectivity index (χ1v) is 7.29. The van der Waals surface area contributed by atoms with Crippen molar-refractivity contribution in [3.63, 3.8) is 0 Å². The number of aryl methyl sites for hydroxylation is 3. The molecule has 1 N–H and O–H groups in total. The van der Waals surface area contributed by atoms with Crippen LogP contribution in [0.2, 0.25) is 0 Å². The van der Waals surface area contributed by atoms with Gasteiger partial charge in [0.1, 0.15) is 6.54 Å². The van der Waals surface area contributed by atoms with Gasteiger partial charge in [0, 0.05) is 25.5 Å². The molecule has 0 aliphatic rings. The van der Waals surface area contributed by atoms with E-state index < -0.39 is 5.97 Å². The number of carboxylic acid groups (broad SMARTS) is 1. The highest BCUT2D eigenvalue weighted by atomic mass is 16.4. The van der Waals surface area contributed by atoms with Crippen molar-refractivity contribution in [1.29, 1.82) is 0 Å². The third kappa shape index (κ3) is 4.98. The number of carboxylic acids is 1. The van der Waals surface area contributed by atoms with Gasteiger partial charge in [0.15, 0.2) is 5.78 Å². The Labute approximate surface area is 130 Å². The maximum atomic E-state index is 12.3. The molecule has 1 amide bonds. The van der Waals surface area contributed by atoms with Gasteiger partial charge < -0.3 is 10.0 Å². The first-order chi connectivity index (χ1) is 10.2. The topological polar surface area (TPSA) is 74.7 Å². The number of aliphatic carboxylic acids is 1. The number of Topliss-reactive ketones (excluding diaryl/α,β-unsaturated/α-hetero) is 1. The second kappa shape index (κ2) is 7.73. The summed E-state index contributed by atoms with van der Waals surface area (Å²) in [5, 5.41) is 8.63. The van der Waals surface area contributed by atoms with Crippen molar-refractivity contribution in [3.05, 3.63) is 34.4 Å².